The lowest BCUT2D eigenvalue weighted by molar-refractivity contribution is -0.237. The zero-order valence-electron chi connectivity index (χ0n) is 15.2. The van der Waals surface area contributed by atoms with Gasteiger partial charge in [-0.2, -0.15) is 15.8 Å². The van der Waals surface area contributed by atoms with Gasteiger partial charge in [0.25, 0.3) is 0 Å². The third-order valence-electron chi connectivity index (χ3n) is 5.38. The summed E-state index contributed by atoms with van der Waals surface area (Å²) in [5.41, 5.74) is -3.28. The van der Waals surface area contributed by atoms with E-state index >= 15 is 0 Å². The second-order valence-corrected chi connectivity index (χ2v) is 6.64. The van der Waals surface area contributed by atoms with E-state index in [1.165, 1.54) is 7.11 Å². The van der Waals surface area contributed by atoms with Crippen LogP contribution >= 0.6 is 0 Å². The van der Waals surface area contributed by atoms with Crippen molar-refractivity contribution in [2.45, 2.75) is 31.7 Å². The van der Waals surface area contributed by atoms with Gasteiger partial charge in [0.1, 0.15) is 11.9 Å². The van der Waals surface area contributed by atoms with Crippen molar-refractivity contribution in [1.82, 2.24) is 0 Å². The van der Waals surface area contributed by atoms with Crippen LogP contribution in [0.25, 0.3) is 0 Å². The van der Waals surface area contributed by atoms with E-state index in [1.54, 1.807) is 50.3 Å². The minimum atomic E-state index is -1.97. The number of rotatable bonds is 3. The number of nitrogens with one attached hydrogen (secondary N) is 1. The highest BCUT2D eigenvalue weighted by molar-refractivity contribution is 5.90. The molecule has 7 nitrogen and oxygen atoms in total. The first kappa shape index (κ1) is 18.5. The molecule has 2 aliphatic heterocycles. The summed E-state index contributed by atoms with van der Waals surface area (Å²) in [7, 11) is 1.49. The Labute approximate surface area is 157 Å². The fourth-order valence-corrected chi connectivity index (χ4v) is 4.24. The molecule has 0 amide bonds. The molecule has 1 aromatic rings. The number of hydrogen-bond donors (Lipinski definition) is 1. The van der Waals surface area contributed by atoms with Gasteiger partial charge in [0.05, 0.1) is 31.2 Å². The largest absolute Gasteiger partial charge is 0.496 e. The van der Waals surface area contributed by atoms with Gasteiger partial charge in [-0.05, 0) is 13.0 Å². The third-order valence-corrected chi connectivity index (χ3v) is 5.38. The molecule has 2 fully saturated rings. The molecule has 27 heavy (non-hydrogen) atoms. The highest BCUT2D eigenvalue weighted by Gasteiger charge is 2.79. The molecule has 0 radical (unpaired) electrons. The molecule has 2 heterocycles. The van der Waals surface area contributed by atoms with Crippen molar-refractivity contribution in [3.05, 3.63) is 42.0 Å². The average molecular weight is 362 g/mol. The highest BCUT2D eigenvalue weighted by atomic mass is 16.7. The molecular weight excluding hydrogens is 344 g/mol. The fraction of sp³-hybridized carbons (Fsp3) is 0.400. The first-order valence-corrected chi connectivity index (χ1v) is 8.36. The predicted molar refractivity (Wildman–Crippen MR) is 94.3 cm³/mol. The van der Waals surface area contributed by atoms with E-state index in [-0.39, 0.29) is 0 Å². The predicted octanol–water partition coefficient (Wildman–Crippen LogP) is 3.02. The number of methoxy groups -OCH3 is 1. The van der Waals surface area contributed by atoms with Gasteiger partial charge < -0.3 is 14.2 Å². The van der Waals surface area contributed by atoms with E-state index in [9.17, 15) is 15.8 Å². The smallest absolute Gasteiger partial charge is 0.219 e. The van der Waals surface area contributed by atoms with Gasteiger partial charge in [0.15, 0.2) is 5.41 Å². The number of allylic oxidation sites excluding steroid dienone is 1. The summed E-state index contributed by atoms with van der Waals surface area (Å²) in [4.78, 5) is 0. The van der Waals surface area contributed by atoms with Gasteiger partial charge in [0.2, 0.25) is 17.1 Å². The van der Waals surface area contributed by atoms with Gasteiger partial charge in [-0.15, -0.1) is 0 Å². The van der Waals surface area contributed by atoms with Crippen LogP contribution in [0.4, 0.5) is 0 Å². The van der Waals surface area contributed by atoms with Crippen molar-refractivity contribution >= 4 is 5.90 Å². The molecule has 0 aliphatic carbocycles. The maximum Gasteiger partial charge on any atom is 0.219 e. The van der Waals surface area contributed by atoms with Crippen molar-refractivity contribution in [2.75, 3.05) is 7.11 Å². The lowest BCUT2D eigenvalue weighted by Gasteiger charge is -2.48. The lowest BCUT2D eigenvalue weighted by atomic mass is 9.53. The summed E-state index contributed by atoms with van der Waals surface area (Å²) in [5.74, 6) is -2.30. The molecule has 0 spiro atoms. The Morgan fingerprint density at radius 2 is 1.85 bits per heavy atom. The number of benzene rings is 1. The molecule has 1 aromatic carbocycles. The number of para-hydroxylation sites is 1. The number of hydrogen-bond acceptors (Lipinski definition) is 7. The molecule has 0 aromatic heterocycles. The van der Waals surface area contributed by atoms with Crippen LogP contribution in [0.1, 0.15) is 25.3 Å². The second kappa shape index (κ2) is 6.13. The molecular formula is C20H18N4O3. The molecule has 7 heteroatoms. The van der Waals surface area contributed by atoms with Crippen LogP contribution in [0, 0.1) is 50.2 Å². The number of fused-ring (bicyclic) bond motifs is 2. The van der Waals surface area contributed by atoms with Crippen molar-refractivity contribution in [2.24, 2.45) is 10.8 Å². The SMILES string of the molecule is CC=CC1OC2(C)OC(=N)C(C#N)(C2c2ccccc2OC)C1(C#N)C#N. The Morgan fingerprint density at radius 1 is 1.19 bits per heavy atom. The van der Waals surface area contributed by atoms with E-state index in [0.29, 0.717) is 11.3 Å². The van der Waals surface area contributed by atoms with E-state index in [2.05, 4.69) is 6.07 Å². The summed E-state index contributed by atoms with van der Waals surface area (Å²) in [6.07, 6.45) is 2.17. The van der Waals surface area contributed by atoms with Crippen molar-refractivity contribution in [3.8, 4) is 24.0 Å². The molecule has 2 saturated heterocycles. The molecule has 0 saturated carbocycles. The van der Waals surface area contributed by atoms with Crippen molar-refractivity contribution in [1.29, 1.82) is 21.2 Å². The van der Waals surface area contributed by atoms with Crippen LogP contribution < -0.4 is 4.74 Å². The van der Waals surface area contributed by atoms with Crippen molar-refractivity contribution < 1.29 is 14.2 Å². The lowest BCUT2D eigenvalue weighted by Crippen LogP contribution is -2.60. The highest BCUT2D eigenvalue weighted by Crippen LogP contribution is 2.67. The van der Waals surface area contributed by atoms with Gasteiger partial charge in [-0.1, -0.05) is 30.4 Å². The monoisotopic (exact) mass is 362 g/mol. The van der Waals surface area contributed by atoms with Crippen LogP contribution in [0.2, 0.25) is 0 Å². The van der Waals surface area contributed by atoms with Crippen LogP contribution in [-0.2, 0) is 9.47 Å². The Hall–Kier alpha value is -3.34. The number of ether oxygens (including phenoxy) is 3. The molecule has 4 unspecified atom stereocenters. The first-order valence-electron chi connectivity index (χ1n) is 8.36. The zero-order valence-corrected chi connectivity index (χ0v) is 15.2. The van der Waals surface area contributed by atoms with Gasteiger partial charge in [0, 0.05) is 12.5 Å². The Morgan fingerprint density at radius 3 is 2.41 bits per heavy atom. The number of nitriles is 3. The van der Waals surface area contributed by atoms with Crippen LogP contribution in [0.3, 0.4) is 0 Å². The van der Waals surface area contributed by atoms with Gasteiger partial charge in [-0.3, -0.25) is 5.41 Å². The minimum Gasteiger partial charge on any atom is -0.496 e. The van der Waals surface area contributed by atoms with Crippen LogP contribution in [0.5, 0.6) is 5.75 Å². The quantitative estimate of drug-likeness (QED) is 0.824. The normalized spacial score (nSPS) is 33.6. The fourth-order valence-electron chi connectivity index (χ4n) is 4.24. The molecule has 4 atom stereocenters. The van der Waals surface area contributed by atoms with Crippen molar-refractivity contribution in [3.63, 3.8) is 0 Å². The molecule has 136 valence electrons. The summed E-state index contributed by atoms with van der Waals surface area (Å²) >= 11 is 0. The number of nitrogens with zero attached hydrogens (tertiary/aromatic N) is 3. The topological polar surface area (TPSA) is 123 Å². The third kappa shape index (κ3) is 2.05. The zero-order chi connectivity index (χ0) is 19.9. The summed E-state index contributed by atoms with van der Waals surface area (Å²) in [6, 6.07) is 13.0. The van der Waals surface area contributed by atoms with E-state index in [1.807, 2.05) is 12.1 Å². The van der Waals surface area contributed by atoms with Gasteiger partial charge in [-0.25, -0.2) is 0 Å². The minimum absolute atomic E-state index is 0.446. The molecule has 2 bridgehead atoms. The summed E-state index contributed by atoms with van der Waals surface area (Å²) in [6.45, 7) is 3.34. The summed E-state index contributed by atoms with van der Waals surface area (Å²) < 4.78 is 17.2. The second-order valence-electron chi connectivity index (χ2n) is 6.64. The Bertz CT molecular complexity index is 937. The molecule has 2 aliphatic rings. The molecule has 3 rings (SSSR count). The summed E-state index contributed by atoms with van der Waals surface area (Å²) in [5, 5.41) is 38.7. The van der Waals surface area contributed by atoms with E-state index < -0.39 is 34.5 Å². The standard InChI is InChI=1S/C20H18N4O3/c1-4-7-15-19(10-21,11-22)20(12-23)16(18(2,26-15)27-17(20)24)13-8-5-6-9-14(13)25-3/h4-9,15-16,24H,1-3H3. The average Bonchev–Trinajstić information content (AvgIpc) is 2.85. The molecule has 1 N–H and O–H groups in total. The van der Waals surface area contributed by atoms with Gasteiger partial charge >= 0.3 is 0 Å². The Kier molecular flexibility index (Phi) is 4.19. The van der Waals surface area contributed by atoms with E-state index in [0.717, 1.165) is 0 Å². The Balaban J connectivity index is 2.41. The maximum atomic E-state index is 10.2. The van der Waals surface area contributed by atoms with E-state index in [4.69, 9.17) is 19.6 Å². The van der Waals surface area contributed by atoms with Crippen LogP contribution in [0.15, 0.2) is 36.4 Å². The first-order chi connectivity index (χ1) is 12.9. The van der Waals surface area contributed by atoms with Crippen LogP contribution in [-0.4, -0.2) is 24.9 Å². The maximum absolute atomic E-state index is 10.2.